The number of hydrogen-bond acceptors (Lipinski definition) is 11. The average Bonchev–Trinajstić information content (AvgIpc) is 4.29. The highest BCUT2D eigenvalue weighted by atomic mass is 19.1. The summed E-state index contributed by atoms with van der Waals surface area (Å²) < 4.78 is 48.2. The van der Waals surface area contributed by atoms with E-state index in [1.807, 2.05) is 67.5 Å². The fraction of sp³-hybridized carbons (Fsp3) is 0.474. The Bertz CT molecular complexity index is 3220. The molecule has 0 aliphatic carbocycles. The topological polar surface area (TPSA) is 207 Å². The van der Waals surface area contributed by atoms with Gasteiger partial charge in [-0.1, -0.05) is 32.0 Å². The number of rotatable bonds is 11. The molecule has 5 aliphatic heterocycles. The van der Waals surface area contributed by atoms with Crippen LogP contribution in [0.1, 0.15) is 121 Å². The Kier molecular flexibility index (Phi) is 13.5. The van der Waals surface area contributed by atoms with E-state index in [-0.39, 0.29) is 41.8 Å². The SMILES string of the molecule is COC(=O)NC(C(=O)N1CCC[C@H]1c1ncc(-c2ccc3c(c2)cc2n3C(c3ccc4c(c3)OC(C)CC4)Oc3cc(-c4cnc([C@@H]5CCCN5C(=O)[C@@H](NC(=O)OC)C(C)C)[nH]4)cc(F)c3-2)[nH]1)C1CCOC(C)(C)C1. The predicted molar refractivity (Wildman–Crippen MR) is 280 cm³/mol. The van der Waals surface area contributed by atoms with Crippen LogP contribution in [0, 0.1) is 17.7 Å². The summed E-state index contributed by atoms with van der Waals surface area (Å²) in [5.41, 5.74) is 5.97. The molecule has 3 aromatic heterocycles. The van der Waals surface area contributed by atoms with Crippen molar-refractivity contribution in [3.63, 3.8) is 0 Å². The van der Waals surface area contributed by atoms with E-state index in [1.165, 1.54) is 20.3 Å². The Labute approximate surface area is 440 Å². The molecule has 76 heavy (non-hydrogen) atoms. The van der Waals surface area contributed by atoms with Gasteiger partial charge in [0.2, 0.25) is 18.0 Å². The monoisotopic (exact) mass is 1040 g/mol. The number of hydrogen-bond donors (Lipinski definition) is 4. The van der Waals surface area contributed by atoms with Crippen molar-refractivity contribution < 1.29 is 47.3 Å². The molecule has 7 atom stereocenters. The lowest BCUT2D eigenvalue weighted by Gasteiger charge is -2.40. The zero-order chi connectivity index (χ0) is 53.2. The first-order valence-electron chi connectivity index (χ1n) is 26.6. The Morgan fingerprint density at radius 2 is 1.47 bits per heavy atom. The van der Waals surface area contributed by atoms with Crippen LogP contribution in [0.25, 0.3) is 44.7 Å². The van der Waals surface area contributed by atoms with Gasteiger partial charge in [0, 0.05) is 41.8 Å². The molecule has 0 bridgehead atoms. The summed E-state index contributed by atoms with van der Waals surface area (Å²) in [5.74, 6) is 1.16. The molecule has 4 N–H and O–H groups in total. The second kappa shape index (κ2) is 20.3. The van der Waals surface area contributed by atoms with Gasteiger partial charge in [-0.15, -0.1) is 0 Å². The number of carbonyl (C=O) groups is 4. The molecule has 400 valence electrons. The molecule has 5 aliphatic rings. The number of aromatic amines is 2. The summed E-state index contributed by atoms with van der Waals surface area (Å²) in [4.78, 5) is 73.3. The van der Waals surface area contributed by atoms with E-state index in [1.54, 1.807) is 17.3 Å². The molecule has 11 rings (SSSR count). The molecule has 19 heteroatoms. The zero-order valence-corrected chi connectivity index (χ0v) is 44.0. The van der Waals surface area contributed by atoms with Crippen LogP contribution in [0.2, 0.25) is 0 Å². The molecule has 0 saturated carbocycles. The summed E-state index contributed by atoms with van der Waals surface area (Å²) in [7, 11) is 2.57. The van der Waals surface area contributed by atoms with Crippen LogP contribution in [-0.2, 0) is 30.2 Å². The van der Waals surface area contributed by atoms with Crippen molar-refractivity contribution >= 4 is 34.9 Å². The lowest BCUT2D eigenvalue weighted by atomic mass is 9.82. The van der Waals surface area contributed by atoms with Gasteiger partial charge in [0.15, 0.2) is 0 Å². The Morgan fingerprint density at radius 1 is 0.789 bits per heavy atom. The second-order valence-electron chi connectivity index (χ2n) is 21.9. The van der Waals surface area contributed by atoms with Gasteiger partial charge in [-0.25, -0.2) is 23.9 Å². The van der Waals surface area contributed by atoms with Gasteiger partial charge < -0.3 is 58.7 Å². The van der Waals surface area contributed by atoms with Crippen LogP contribution >= 0.6 is 0 Å². The maximum Gasteiger partial charge on any atom is 0.407 e. The molecule has 4 amide bonds. The number of benzene rings is 3. The summed E-state index contributed by atoms with van der Waals surface area (Å²) in [5, 5.41) is 6.40. The number of amides is 4. The van der Waals surface area contributed by atoms with E-state index in [0.29, 0.717) is 85.3 Å². The van der Waals surface area contributed by atoms with Crippen molar-refractivity contribution in [2.75, 3.05) is 33.9 Å². The standard InChI is InChI=1S/C57H66FN9O9/c1-30(2)48(63-55(70)72-6)52(68)65-19-8-10-42(65)51-60-29-40(62-51)36-23-38(58)47-44-24-37-22-33(16-17-41(37)67(44)54(76-46(47)26-36)34-15-14-32-13-12-31(3)75-45(32)25-34)39-28-59-50(61-39)43-11-9-20-66(43)53(69)49(64-56(71)73-7)35-18-21-74-57(4,5)27-35/h14-17,22-26,28-31,35,42-43,48-49,54H,8-13,18-21,27H2,1-7H3,(H,59,61)(H,60,62)(H,63,70)(H,64,71)/t31?,35?,42-,43-,48-,49?,54?/m0/s1. The van der Waals surface area contributed by atoms with Crippen LogP contribution in [-0.4, -0.2) is 116 Å². The van der Waals surface area contributed by atoms with E-state index in [9.17, 15) is 19.2 Å². The van der Waals surface area contributed by atoms with E-state index in [4.69, 9.17) is 33.7 Å². The highest BCUT2D eigenvalue weighted by molar-refractivity contribution is 5.93. The first-order chi connectivity index (χ1) is 36.6. The molecule has 18 nitrogen and oxygen atoms in total. The van der Waals surface area contributed by atoms with Crippen molar-refractivity contribution in [1.82, 2.24) is 44.9 Å². The molecule has 0 spiro atoms. The number of halogens is 1. The number of methoxy groups -OCH3 is 2. The smallest absolute Gasteiger partial charge is 0.407 e. The fourth-order valence-corrected chi connectivity index (χ4v) is 12.1. The number of fused-ring (bicyclic) bond motifs is 6. The Balaban J connectivity index is 0.914. The molecule has 8 heterocycles. The first-order valence-corrected chi connectivity index (χ1v) is 26.6. The minimum atomic E-state index is -0.784. The van der Waals surface area contributed by atoms with Gasteiger partial charge in [0.25, 0.3) is 0 Å². The summed E-state index contributed by atoms with van der Waals surface area (Å²) in [6.07, 6.45) is 7.40. The minimum Gasteiger partial charge on any atom is -0.490 e. The van der Waals surface area contributed by atoms with Crippen molar-refractivity contribution in [2.24, 2.45) is 11.8 Å². The van der Waals surface area contributed by atoms with E-state index in [0.717, 1.165) is 64.7 Å². The highest BCUT2D eigenvalue weighted by Crippen LogP contribution is 2.48. The van der Waals surface area contributed by atoms with Gasteiger partial charge in [-0.2, -0.15) is 0 Å². The van der Waals surface area contributed by atoms with Crippen molar-refractivity contribution in [2.45, 2.75) is 128 Å². The number of carbonyl (C=O) groups excluding carboxylic acids is 4. The molecule has 4 unspecified atom stereocenters. The number of H-pyrrole nitrogens is 2. The number of likely N-dealkylation sites (tertiary alicyclic amines) is 2. The lowest BCUT2D eigenvalue weighted by molar-refractivity contribution is -0.139. The summed E-state index contributed by atoms with van der Waals surface area (Å²) in [6, 6.07) is 15.3. The summed E-state index contributed by atoms with van der Waals surface area (Å²) >= 11 is 0. The highest BCUT2D eigenvalue weighted by Gasteiger charge is 2.44. The number of ether oxygens (including phenoxy) is 5. The van der Waals surface area contributed by atoms with Gasteiger partial charge in [-0.3, -0.25) is 9.59 Å². The number of nitrogens with zero attached hydrogens (tertiary/aromatic N) is 5. The van der Waals surface area contributed by atoms with Crippen molar-refractivity contribution in [3.05, 3.63) is 95.6 Å². The lowest BCUT2D eigenvalue weighted by Crippen LogP contribution is -2.54. The van der Waals surface area contributed by atoms with Crippen LogP contribution in [0.5, 0.6) is 11.5 Å². The van der Waals surface area contributed by atoms with E-state index < -0.39 is 41.9 Å². The molecular weight excluding hydrogens is 974 g/mol. The molecule has 3 fully saturated rings. The average molecular weight is 1040 g/mol. The molecule has 6 aromatic rings. The zero-order valence-electron chi connectivity index (χ0n) is 44.0. The van der Waals surface area contributed by atoms with E-state index >= 15 is 4.39 Å². The van der Waals surface area contributed by atoms with Crippen LogP contribution < -0.4 is 20.1 Å². The number of alkyl carbamates (subject to hydrolysis) is 2. The van der Waals surface area contributed by atoms with Gasteiger partial charge in [-0.05, 0) is 126 Å². The third kappa shape index (κ3) is 9.51. The number of nitrogens with one attached hydrogen (secondary N) is 4. The normalized spacial score (nSPS) is 22.5. The van der Waals surface area contributed by atoms with Crippen LogP contribution in [0.15, 0.2) is 67.0 Å². The largest absolute Gasteiger partial charge is 0.490 e. The minimum absolute atomic E-state index is 0.0566. The summed E-state index contributed by atoms with van der Waals surface area (Å²) in [6.45, 7) is 11.3. The maximum absolute atomic E-state index is 17.1. The molecule has 0 radical (unpaired) electrons. The third-order valence-corrected chi connectivity index (χ3v) is 16.0. The Hall–Kier alpha value is -7.41. The number of aryl methyl sites for hydroxylation is 1. The number of aromatic nitrogens is 5. The Morgan fingerprint density at radius 3 is 2.16 bits per heavy atom. The first kappa shape index (κ1) is 50.7. The molecular formula is C57H66FN9O9. The maximum atomic E-state index is 17.1. The quantitative estimate of drug-likeness (QED) is 0.0961. The van der Waals surface area contributed by atoms with Gasteiger partial charge in [0.05, 0.1) is 78.6 Å². The van der Waals surface area contributed by atoms with Crippen LogP contribution in [0.4, 0.5) is 14.0 Å². The molecule has 3 aromatic carbocycles. The van der Waals surface area contributed by atoms with Gasteiger partial charge in [0.1, 0.15) is 41.0 Å². The van der Waals surface area contributed by atoms with Crippen molar-refractivity contribution in [3.8, 4) is 45.3 Å². The third-order valence-electron chi connectivity index (χ3n) is 16.0. The number of imidazole rings is 2. The molecule has 3 saturated heterocycles. The fourth-order valence-electron chi connectivity index (χ4n) is 12.1. The predicted octanol–water partition coefficient (Wildman–Crippen LogP) is 9.52. The second-order valence-corrected chi connectivity index (χ2v) is 21.9. The van der Waals surface area contributed by atoms with Crippen molar-refractivity contribution in [1.29, 1.82) is 0 Å². The van der Waals surface area contributed by atoms with E-state index in [2.05, 4.69) is 45.7 Å². The van der Waals surface area contributed by atoms with Gasteiger partial charge >= 0.3 is 12.2 Å². The van der Waals surface area contributed by atoms with Crippen LogP contribution in [0.3, 0.4) is 0 Å².